The molecule has 0 bridgehead atoms. The molecule has 0 saturated carbocycles. The Morgan fingerprint density at radius 2 is 1.69 bits per heavy atom. The molecule has 1 aliphatic heterocycles. The molecule has 36 heavy (non-hydrogen) atoms. The molecule has 5 atom stereocenters. The van der Waals surface area contributed by atoms with Crippen LogP contribution in [0.3, 0.4) is 0 Å². The molecule has 204 valence electrons. The van der Waals surface area contributed by atoms with Crippen LogP contribution in [0, 0.1) is 17.3 Å². The number of Topliss-reactive ketones (excluding diaryl/α,β-unsaturated/α-hetero) is 1. The van der Waals surface area contributed by atoms with Gasteiger partial charge in [-0.2, -0.15) is 0 Å². The molecule has 2 unspecified atom stereocenters. The molecule has 0 amide bonds. The monoisotopic (exact) mass is 517 g/mol. The van der Waals surface area contributed by atoms with Gasteiger partial charge in [0, 0.05) is 24.4 Å². The number of esters is 1. The molecule has 5 nitrogen and oxygen atoms in total. The van der Waals surface area contributed by atoms with E-state index in [-0.39, 0.29) is 47.2 Å². The summed E-state index contributed by atoms with van der Waals surface area (Å²) in [6.07, 6.45) is 3.28. The molecule has 0 N–H and O–H groups in total. The average Bonchev–Trinajstić information content (AvgIpc) is 3.08. The minimum absolute atomic E-state index is 0.00844. The van der Waals surface area contributed by atoms with Gasteiger partial charge in [-0.3, -0.25) is 14.5 Å². The lowest BCUT2D eigenvalue weighted by Gasteiger charge is -2.41. The maximum Gasteiger partial charge on any atom is 0.323 e. The van der Waals surface area contributed by atoms with E-state index in [1.165, 1.54) is 0 Å². The summed E-state index contributed by atoms with van der Waals surface area (Å²) in [7, 11) is -1.35. The number of ketones is 1. The highest BCUT2D eigenvalue weighted by atomic mass is 28.3. The summed E-state index contributed by atoms with van der Waals surface area (Å²) in [5, 5.41) is 0. The normalized spacial score (nSPS) is 23.0. The number of hydrogen-bond donors (Lipinski definition) is 0. The Morgan fingerprint density at radius 1 is 1.08 bits per heavy atom. The van der Waals surface area contributed by atoms with Crippen LogP contribution in [0.15, 0.2) is 30.3 Å². The van der Waals surface area contributed by atoms with Gasteiger partial charge in [-0.25, -0.2) is 0 Å². The van der Waals surface area contributed by atoms with Gasteiger partial charge in [0.1, 0.15) is 17.4 Å². The van der Waals surface area contributed by atoms with Gasteiger partial charge < -0.3 is 9.16 Å². The topological polar surface area (TPSA) is 55.8 Å². The number of likely N-dealkylation sites (tertiary alicyclic amines) is 1. The van der Waals surface area contributed by atoms with Gasteiger partial charge >= 0.3 is 5.97 Å². The van der Waals surface area contributed by atoms with E-state index in [4.69, 9.17) is 9.16 Å². The lowest BCUT2D eigenvalue weighted by atomic mass is 9.75. The first-order chi connectivity index (χ1) is 16.6. The van der Waals surface area contributed by atoms with Crippen molar-refractivity contribution in [2.45, 2.75) is 125 Å². The standard InChI is InChI=1S/C30H51NO4Si/c1-11-15-23(21(2)32)18-25-24(27(29(3,4)5)35-36(9)10)19-26(28(33)34-30(6,7)8)31(25)20-22-16-13-12-14-17-22/h12-14,16-17,23-27,36H,11,15,18-20H2,1-10H3/t23?,24-,25-,26-,27?/m1/s1. The average molecular weight is 518 g/mol. The summed E-state index contributed by atoms with van der Waals surface area (Å²) in [6.45, 7) is 21.4. The number of ether oxygens (including phenoxy) is 1. The van der Waals surface area contributed by atoms with Crippen LogP contribution in [-0.4, -0.2) is 49.5 Å². The maximum atomic E-state index is 13.6. The second kappa shape index (κ2) is 12.8. The van der Waals surface area contributed by atoms with Crippen molar-refractivity contribution in [3.05, 3.63) is 35.9 Å². The van der Waals surface area contributed by atoms with Crippen LogP contribution >= 0.6 is 0 Å². The predicted molar refractivity (Wildman–Crippen MR) is 150 cm³/mol. The molecule has 1 aliphatic rings. The molecular weight excluding hydrogens is 466 g/mol. The van der Waals surface area contributed by atoms with Crippen molar-refractivity contribution in [2.75, 3.05) is 0 Å². The van der Waals surface area contributed by atoms with E-state index in [9.17, 15) is 9.59 Å². The second-order valence-electron chi connectivity index (χ2n) is 13.0. The predicted octanol–water partition coefficient (Wildman–Crippen LogP) is 6.40. The van der Waals surface area contributed by atoms with E-state index >= 15 is 0 Å². The molecule has 1 aromatic rings. The van der Waals surface area contributed by atoms with Gasteiger partial charge in [-0.05, 0) is 71.0 Å². The minimum atomic E-state index is -1.35. The highest BCUT2D eigenvalue weighted by Gasteiger charge is 2.51. The number of hydrogen-bond acceptors (Lipinski definition) is 5. The van der Waals surface area contributed by atoms with Crippen LogP contribution in [0.5, 0.6) is 0 Å². The molecular formula is C30H51NO4Si. The number of rotatable bonds is 11. The molecule has 1 aromatic carbocycles. The minimum Gasteiger partial charge on any atom is -0.459 e. The van der Waals surface area contributed by atoms with Crippen molar-refractivity contribution in [3.63, 3.8) is 0 Å². The van der Waals surface area contributed by atoms with E-state index in [1.807, 2.05) is 39.0 Å². The number of carbonyl (C=O) groups is 2. The van der Waals surface area contributed by atoms with Gasteiger partial charge in [0.15, 0.2) is 9.04 Å². The van der Waals surface area contributed by atoms with Crippen molar-refractivity contribution in [1.29, 1.82) is 0 Å². The van der Waals surface area contributed by atoms with E-state index in [0.29, 0.717) is 13.0 Å². The third kappa shape index (κ3) is 8.81. The molecule has 1 fully saturated rings. The highest BCUT2D eigenvalue weighted by Crippen LogP contribution is 2.44. The molecule has 0 aromatic heterocycles. The Balaban J connectivity index is 2.59. The summed E-state index contributed by atoms with van der Waals surface area (Å²) in [5.74, 6) is 0.188. The van der Waals surface area contributed by atoms with E-state index < -0.39 is 14.6 Å². The zero-order chi connectivity index (χ0) is 27.3. The van der Waals surface area contributed by atoms with Gasteiger partial charge in [-0.15, -0.1) is 0 Å². The lowest BCUT2D eigenvalue weighted by Crippen LogP contribution is -2.47. The maximum absolute atomic E-state index is 13.6. The zero-order valence-electron chi connectivity index (χ0n) is 24.5. The number of benzene rings is 1. The van der Waals surface area contributed by atoms with Crippen LogP contribution in [-0.2, 0) is 25.3 Å². The summed E-state index contributed by atoms with van der Waals surface area (Å²) in [6, 6.07) is 10.0. The van der Waals surface area contributed by atoms with E-state index in [0.717, 1.165) is 24.8 Å². The Bertz CT molecular complexity index is 843. The zero-order valence-corrected chi connectivity index (χ0v) is 25.6. The molecule has 0 radical (unpaired) electrons. The third-order valence-electron chi connectivity index (χ3n) is 7.10. The van der Waals surface area contributed by atoms with Gasteiger partial charge in [-0.1, -0.05) is 64.4 Å². The largest absolute Gasteiger partial charge is 0.459 e. The van der Waals surface area contributed by atoms with Crippen LogP contribution in [0.2, 0.25) is 13.1 Å². The first-order valence-corrected chi connectivity index (χ1v) is 16.6. The SMILES string of the molecule is CCCC(C[C@@H]1[C@H](C(O[SiH](C)C)C(C)(C)C)C[C@H](C(=O)OC(C)(C)C)N1Cc1ccccc1)C(C)=O. The quantitative estimate of drug-likeness (QED) is 0.251. The van der Waals surface area contributed by atoms with Crippen molar-refractivity contribution in [2.24, 2.45) is 17.3 Å². The van der Waals surface area contributed by atoms with Crippen LogP contribution < -0.4 is 0 Å². The summed E-state index contributed by atoms with van der Waals surface area (Å²) in [5.41, 5.74) is 0.522. The van der Waals surface area contributed by atoms with Crippen molar-refractivity contribution >= 4 is 20.8 Å². The molecule has 6 heteroatoms. The lowest BCUT2D eigenvalue weighted by molar-refractivity contribution is -0.161. The summed E-state index contributed by atoms with van der Waals surface area (Å²) >= 11 is 0. The molecule has 0 spiro atoms. The fraction of sp³-hybridized carbons (Fsp3) is 0.733. The number of carbonyl (C=O) groups excluding carboxylic acids is 2. The van der Waals surface area contributed by atoms with Gasteiger partial charge in [0.2, 0.25) is 0 Å². The molecule has 1 heterocycles. The van der Waals surface area contributed by atoms with Crippen LogP contribution in [0.1, 0.15) is 86.6 Å². The van der Waals surface area contributed by atoms with Gasteiger partial charge in [0.25, 0.3) is 0 Å². The first kappa shape index (κ1) is 30.7. The van der Waals surface area contributed by atoms with Crippen LogP contribution in [0.4, 0.5) is 0 Å². The third-order valence-corrected chi connectivity index (χ3v) is 7.94. The number of nitrogens with zero attached hydrogens (tertiary/aromatic N) is 1. The summed E-state index contributed by atoms with van der Waals surface area (Å²) in [4.78, 5) is 28.7. The Kier molecular flexibility index (Phi) is 11.0. The van der Waals surface area contributed by atoms with E-state index in [2.05, 4.69) is 57.8 Å². The van der Waals surface area contributed by atoms with Crippen molar-refractivity contribution in [1.82, 2.24) is 4.90 Å². The highest BCUT2D eigenvalue weighted by molar-refractivity contribution is 6.48. The van der Waals surface area contributed by atoms with Crippen molar-refractivity contribution < 1.29 is 18.8 Å². The Morgan fingerprint density at radius 3 is 2.17 bits per heavy atom. The second-order valence-corrected chi connectivity index (χ2v) is 15.3. The Hall–Kier alpha value is -1.50. The fourth-order valence-corrected chi connectivity index (χ4v) is 6.85. The van der Waals surface area contributed by atoms with Crippen molar-refractivity contribution in [3.8, 4) is 0 Å². The van der Waals surface area contributed by atoms with Crippen LogP contribution in [0.25, 0.3) is 0 Å². The molecule has 2 rings (SSSR count). The Labute approximate surface area is 222 Å². The molecule has 0 aliphatic carbocycles. The molecule has 1 saturated heterocycles. The summed E-state index contributed by atoms with van der Waals surface area (Å²) < 4.78 is 12.7. The van der Waals surface area contributed by atoms with Gasteiger partial charge in [0.05, 0.1) is 6.10 Å². The smallest absolute Gasteiger partial charge is 0.323 e. The van der Waals surface area contributed by atoms with E-state index in [1.54, 1.807) is 6.92 Å². The fourth-order valence-electron chi connectivity index (χ4n) is 5.65. The first-order valence-electron chi connectivity index (χ1n) is 13.8.